The maximum absolute atomic E-state index is 13.4. The molecule has 4 nitrogen and oxygen atoms in total. The van der Waals surface area contributed by atoms with E-state index in [0.29, 0.717) is 5.92 Å². The third kappa shape index (κ3) is 5.46. The third-order valence-corrected chi connectivity index (χ3v) is 3.96. The molecule has 1 fully saturated rings. The van der Waals surface area contributed by atoms with Gasteiger partial charge in [0.15, 0.2) is 18.2 Å². The van der Waals surface area contributed by atoms with E-state index in [2.05, 4.69) is 5.32 Å². The van der Waals surface area contributed by atoms with E-state index in [4.69, 9.17) is 4.74 Å². The number of piperidine rings is 1. The van der Waals surface area contributed by atoms with Gasteiger partial charge in [0.1, 0.15) is 0 Å². The van der Waals surface area contributed by atoms with Gasteiger partial charge in [0.05, 0.1) is 0 Å². The summed E-state index contributed by atoms with van der Waals surface area (Å²) in [6.45, 7) is 2.47. The number of amides is 1. The van der Waals surface area contributed by atoms with Gasteiger partial charge in [0.25, 0.3) is 5.91 Å². The lowest BCUT2D eigenvalue weighted by molar-refractivity contribution is -0.134. The van der Waals surface area contributed by atoms with E-state index in [1.54, 1.807) is 12.1 Å². The molecule has 1 saturated heterocycles. The second-order valence-electron chi connectivity index (χ2n) is 5.44. The van der Waals surface area contributed by atoms with Crippen LogP contribution in [0.2, 0.25) is 0 Å². The number of nitrogens with zero attached hydrogens (tertiary/aromatic N) is 1. The Morgan fingerprint density at radius 3 is 2.68 bits per heavy atom. The van der Waals surface area contributed by atoms with Crippen LogP contribution in [0, 0.1) is 11.7 Å². The molecule has 124 valence electrons. The Morgan fingerprint density at radius 1 is 1.36 bits per heavy atom. The van der Waals surface area contributed by atoms with Crippen molar-refractivity contribution in [3.63, 3.8) is 0 Å². The Bertz CT molecular complexity index is 465. The molecule has 1 aromatic carbocycles. The molecule has 0 bridgehead atoms. The highest BCUT2D eigenvalue weighted by atomic mass is 35.5. The highest BCUT2D eigenvalue weighted by Crippen LogP contribution is 2.20. The fourth-order valence-corrected chi connectivity index (χ4v) is 2.61. The van der Waals surface area contributed by atoms with Crippen LogP contribution in [0.5, 0.6) is 5.75 Å². The second kappa shape index (κ2) is 9.64. The van der Waals surface area contributed by atoms with Crippen LogP contribution in [0.15, 0.2) is 24.3 Å². The average Bonchev–Trinajstić information content (AvgIpc) is 2.52. The van der Waals surface area contributed by atoms with Gasteiger partial charge in [0, 0.05) is 13.1 Å². The molecule has 0 atom stereocenters. The molecule has 1 N–H and O–H groups in total. The standard InChI is InChI=1S/C16H23FN2O2.ClH/c1-18-9-6-13-7-10-19(11-8-13)16(20)12-21-15-5-3-2-4-14(15)17;/h2-5,13,18H,6-12H2,1H3;1H. The van der Waals surface area contributed by atoms with E-state index in [9.17, 15) is 9.18 Å². The highest BCUT2D eigenvalue weighted by Gasteiger charge is 2.22. The normalized spacial score (nSPS) is 15.3. The molecule has 0 radical (unpaired) electrons. The molecule has 2 rings (SSSR count). The maximum Gasteiger partial charge on any atom is 0.260 e. The number of hydrogen-bond donors (Lipinski definition) is 1. The summed E-state index contributed by atoms with van der Waals surface area (Å²) < 4.78 is 18.7. The number of carbonyl (C=O) groups is 1. The Labute approximate surface area is 137 Å². The lowest BCUT2D eigenvalue weighted by Crippen LogP contribution is -2.41. The first-order chi connectivity index (χ1) is 10.2. The average molecular weight is 331 g/mol. The summed E-state index contributed by atoms with van der Waals surface area (Å²) in [6, 6.07) is 6.15. The Morgan fingerprint density at radius 2 is 2.05 bits per heavy atom. The first kappa shape index (κ1) is 18.7. The summed E-state index contributed by atoms with van der Waals surface area (Å²) >= 11 is 0. The second-order valence-corrected chi connectivity index (χ2v) is 5.44. The summed E-state index contributed by atoms with van der Waals surface area (Å²) in [5.41, 5.74) is 0. The van der Waals surface area contributed by atoms with E-state index < -0.39 is 5.82 Å². The minimum Gasteiger partial charge on any atom is -0.481 e. The Hall–Kier alpha value is -1.33. The van der Waals surface area contributed by atoms with Crippen LogP contribution in [0.1, 0.15) is 19.3 Å². The fraction of sp³-hybridized carbons (Fsp3) is 0.562. The molecule has 6 heteroatoms. The predicted molar refractivity (Wildman–Crippen MR) is 87.0 cm³/mol. The highest BCUT2D eigenvalue weighted by molar-refractivity contribution is 5.85. The molecule has 0 aliphatic carbocycles. The van der Waals surface area contributed by atoms with Crippen LogP contribution in [0.3, 0.4) is 0 Å². The molecule has 1 amide bonds. The molecule has 22 heavy (non-hydrogen) atoms. The topological polar surface area (TPSA) is 41.6 Å². The van der Waals surface area contributed by atoms with Gasteiger partial charge in [-0.05, 0) is 50.9 Å². The first-order valence-corrected chi connectivity index (χ1v) is 7.50. The summed E-state index contributed by atoms with van der Waals surface area (Å²) in [5, 5.41) is 3.16. The molecule has 1 aliphatic rings. The molecule has 1 heterocycles. The number of carbonyl (C=O) groups excluding carboxylic acids is 1. The van der Waals surface area contributed by atoms with E-state index in [1.807, 2.05) is 11.9 Å². The van der Waals surface area contributed by atoms with Gasteiger partial charge in [-0.3, -0.25) is 4.79 Å². The fourth-order valence-electron chi connectivity index (χ4n) is 2.61. The molecular weight excluding hydrogens is 307 g/mol. The molecule has 1 aromatic rings. The van der Waals surface area contributed by atoms with Crippen molar-refractivity contribution in [2.45, 2.75) is 19.3 Å². The van der Waals surface area contributed by atoms with Crippen molar-refractivity contribution < 1.29 is 13.9 Å². The van der Waals surface area contributed by atoms with Crippen LogP contribution < -0.4 is 10.1 Å². The van der Waals surface area contributed by atoms with E-state index in [0.717, 1.165) is 38.9 Å². The van der Waals surface area contributed by atoms with Gasteiger partial charge in [-0.25, -0.2) is 4.39 Å². The van der Waals surface area contributed by atoms with Crippen molar-refractivity contribution in [2.24, 2.45) is 5.92 Å². The zero-order chi connectivity index (χ0) is 15.1. The lowest BCUT2D eigenvalue weighted by Gasteiger charge is -2.32. The van der Waals surface area contributed by atoms with Crippen LogP contribution >= 0.6 is 12.4 Å². The number of ether oxygens (including phenoxy) is 1. The van der Waals surface area contributed by atoms with Crippen molar-refractivity contribution in [3.8, 4) is 5.75 Å². The maximum atomic E-state index is 13.4. The van der Waals surface area contributed by atoms with Crippen molar-refractivity contribution in [3.05, 3.63) is 30.1 Å². The van der Waals surface area contributed by atoms with Gasteiger partial charge in [-0.1, -0.05) is 12.1 Å². The zero-order valence-corrected chi connectivity index (χ0v) is 13.7. The molecule has 0 saturated carbocycles. The Kier molecular flexibility index (Phi) is 8.20. The first-order valence-electron chi connectivity index (χ1n) is 7.50. The largest absolute Gasteiger partial charge is 0.481 e. The number of halogens is 2. The van der Waals surface area contributed by atoms with Crippen LogP contribution in [-0.4, -0.2) is 44.1 Å². The lowest BCUT2D eigenvalue weighted by atomic mass is 9.93. The predicted octanol–water partition coefficient (Wildman–Crippen LogP) is 2.47. The van der Waals surface area contributed by atoms with E-state index >= 15 is 0 Å². The number of hydrogen-bond acceptors (Lipinski definition) is 3. The zero-order valence-electron chi connectivity index (χ0n) is 12.9. The monoisotopic (exact) mass is 330 g/mol. The smallest absolute Gasteiger partial charge is 0.260 e. The number of para-hydroxylation sites is 1. The third-order valence-electron chi connectivity index (χ3n) is 3.96. The van der Waals surface area contributed by atoms with Gasteiger partial charge in [-0.15, -0.1) is 12.4 Å². The van der Waals surface area contributed by atoms with Crippen LogP contribution in [0.4, 0.5) is 4.39 Å². The van der Waals surface area contributed by atoms with Gasteiger partial charge in [0.2, 0.25) is 0 Å². The molecule has 0 unspecified atom stereocenters. The van der Waals surface area contributed by atoms with Crippen LogP contribution in [-0.2, 0) is 4.79 Å². The molecule has 0 spiro atoms. The summed E-state index contributed by atoms with van der Waals surface area (Å²) in [4.78, 5) is 13.9. The van der Waals surface area contributed by atoms with E-state index in [-0.39, 0.29) is 30.7 Å². The van der Waals surface area contributed by atoms with Crippen molar-refractivity contribution in [1.82, 2.24) is 10.2 Å². The Balaban J connectivity index is 0.00000242. The molecule has 0 aromatic heterocycles. The minimum atomic E-state index is -0.434. The summed E-state index contributed by atoms with van der Waals surface area (Å²) in [5.74, 6) is 0.324. The van der Waals surface area contributed by atoms with Crippen molar-refractivity contribution >= 4 is 18.3 Å². The minimum absolute atomic E-state index is 0. The van der Waals surface area contributed by atoms with Crippen LogP contribution in [0.25, 0.3) is 0 Å². The van der Waals surface area contributed by atoms with Gasteiger partial charge < -0.3 is 15.0 Å². The van der Waals surface area contributed by atoms with Gasteiger partial charge in [-0.2, -0.15) is 0 Å². The number of nitrogens with one attached hydrogen (secondary N) is 1. The quantitative estimate of drug-likeness (QED) is 0.871. The van der Waals surface area contributed by atoms with Gasteiger partial charge >= 0.3 is 0 Å². The number of likely N-dealkylation sites (tertiary alicyclic amines) is 1. The summed E-state index contributed by atoms with van der Waals surface area (Å²) in [6.07, 6.45) is 3.23. The number of rotatable bonds is 6. The molecule has 1 aliphatic heterocycles. The van der Waals surface area contributed by atoms with E-state index in [1.165, 1.54) is 12.1 Å². The van der Waals surface area contributed by atoms with Crippen molar-refractivity contribution in [1.29, 1.82) is 0 Å². The van der Waals surface area contributed by atoms with Crippen molar-refractivity contribution in [2.75, 3.05) is 33.3 Å². The summed E-state index contributed by atoms with van der Waals surface area (Å²) in [7, 11) is 1.96. The molecular formula is C16H24ClFN2O2. The number of benzene rings is 1. The SMILES string of the molecule is CNCCC1CCN(C(=O)COc2ccccc2F)CC1.Cl.